The van der Waals surface area contributed by atoms with E-state index >= 15 is 0 Å². The molecule has 1 nitrogen and oxygen atoms in total. The van der Waals surface area contributed by atoms with Crippen LogP contribution in [-0.4, -0.2) is 0 Å². The number of hydrogen-bond acceptors (Lipinski definition) is 2. The van der Waals surface area contributed by atoms with Gasteiger partial charge in [-0.2, -0.15) is 0 Å². The molecule has 9 rings (SSSR count). The summed E-state index contributed by atoms with van der Waals surface area (Å²) in [5.41, 5.74) is 21.6. The Labute approximate surface area is 315 Å². The minimum atomic E-state index is -0.246. The standard InChI is InChI=1S/C50H38FNS/c1-50(2,3)37-24-28-43-45-32-40(27-29-47(45)53-48(43)31-37)52(39-17-9-16-36(30-39)33-12-5-4-6-13-33)46-21-8-7-18-42(46)44-20-11-15-35-14-10-19-41(49(35)44)34-22-25-38(51)26-23-34/h4-10,12-19,21-26,28,30-32H,27,29H2,1-3H3. The van der Waals surface area contributed by atoms with E-state index in [1.54, 1.807) is 0 Å². The lowest BCUT2D eigenvalue weighted by molar-refractivity contribution is 0.591. The van der Waals surface area contributed by atoms with Gasteiger partial charge >= 0.3 is 0 Å². The van der Waals surface area contributed by atoms with E-state index in [2.05, 4.69) is 158 Å². The molecule has 2 aliphatic carbocycles. The molecule has 0 spiro atoms. The molecule has 0 atom stereocenters. The molecule has 256 valence electrons. The lowest BCUT2D eigenvalue weighted by Crippen LogP contribution is -2.20. The third-order valence-corrected chi connectivity index (χ3v) is 11.7. The van der Waals surface area contributed by atoms with Crippen LogP contribution in [0, 0.1) is 5.82 Å². The number of fused-ring (bicyclic) bond motifs is 4. The Kier molecular flexibility index (Phi) is 8.22. The molecule has 0 amide bonds. The van der Waals surface area contributed by atoms with Crippen LogP contribution in [0.15, 0.2) is 157 Å². The lowest BCUT2D eigenvalue weighted by atomic mass is 9.85. The van der Waals surface area contributed by atoms with Gasteiger partial charge in [-0.3, -0.25) is 0 Å². The van der Waals surface area contributed by atoms with Gasteiger partial charge in [0.05, 0.1) is 5.69 Å². The summed E-state index contributed by atoms with van der Waals surface area (Å²) in [6, 6.07) is 48.3. The molecule has 3 heteroatoms. The summed E-state index contributed by atoms with van der Waals surface area (Å²) < 4.78 is 15.4. The Hall–Kier alpha value is -5.95. The largest absolute Gasteiger partial charge is 0.314 e. The second-order valence-corrected chi connectivity index (χ2v) is 16.0. The maximum absolute atomic E-state index is 14.1. The third kappa shape index (κ3) is 6.10. The van der Waals surface area contributed by atoms with E-state index in [0.29, 0.717) is 0 Å². The first-order chi connectivity index (χ1) is 25.8. The summed E-state index contributed by atoms with van der Waals surface area (Å²) in [6.07, 6.45) is 6.31. The summed E-state index contributed by atoms with van der Waals surface area (Å²) in [4.78, 5) is 3.91. The van der Waals surface area contributed by atoms with Crippen molar-refractivity contribution in [2.75, 3.05) is 4.90 Å². The van der Waals surface area contributed by atoms with Gasteiger partial charge in [0.2, 0.25) is 0 Å². The highest BCUT2D eigenvalue weighted by Gasteiger charge is 2.27. The van der Waals surface area contributed by atoms with Gasteiger partial charge in [-0.25, -0.2) is 4.39 Å². The summed E-state index contributed by atoms with van der Waals surface area (Å²) >= 11 is 1.94. The SMILES string of the molecule is CC(C)(C)c1ccc2c3c(sc2c1)CCC(N(c1cccc(-c2ccccc2)c1)c1ccccc1C1=C=C=Cc2cccc(-c4ccc(F)cc4)c21)=C3. The Morgan fingerprint density at radius 2 is 1.43 bits per heavy atom. The first-order valence-electron chi connectivity index (χ1n) is 18.2. The zero-order valence-corrected chi connectivity index (χ0v) is 30.9. The van der Waals surface area contributed by atoms with Crippen LogP contribution in [-0.2, 0) is 11.8 Å². The van der Waals surface area contributed by atoms with Crippen LogP contribution in [0.2, 0.25) is 0 Å². The van der Waals surface area contributed by atoms with E-state index in [4.69, 9.17) is 0 Å². The van der Waals surface area contributed by atoms with Crippen LogP contribution in [0.1, 0.15) is 59.9 Å². The van der Waals surface area contributed by atoms with E-state index in [9.17, 15) is 4.39 Å². The van der Waals surface area contributed by atoms with Crippen LogP contribution in [0.3, 0.4) is 0 Å². The van der Waals surface area contributed by atoms with E-state index in [1.165, 1.54) is 55.0 Å². The molecule has 7 aromatic rings. The van der Waals surface area contributed by atoms with Gasteiger partial charge in [-0.15, -0.1) is 11.3 Å². The molecule has 0 N–H and O–H groups in total. The number of anilines is 2. The fourth-order valence-electron chi connectivity index (χ4n) is 7.72. The van der Waals surface area contributed by atoms with Crippen molar-refractivity contribution in [3.63, 3.8) is 0 Å². The minimum absolute atomic E-state index is 0.0938. The number of benzene rings is 6. The van der Waals surface area contributed by atoms with Crippen LogP contribution in [0.5, 0.6) is 0 Å². The molecular weight excluding hydrogens is 666 g/mol. The zero-order valence-electron chi connectivity index (χ0n) is 30.1. The Bertz CT molecular complexity index is 2670. The lowest BCUT2D eigenvalue weighted by Gasteiger charge is -2.32. The number of hydrogen-bond donors (Lipinski definition) is 0. The molecule has 0 radical (unpaired) electrons. The number of para-hydroxylation sites is 1. The summed E-state index contributed by atoms with van der Waals surface area (Å²) in [7, 11) is 0. The second kappa shape index (κ2) is 13.2. The summed E-state index contributed by atoms with van der Waals surface area (Å²) in [5.74, 6) is -0.246. The first-order valence-corrected chi connectivity index (χ1v) is 19.1. The molecule has 1 heterocycles. The maximum atomic E-state index is 14.1. The van der Waals surface area contributed by atoms with Gasteiger partial charge < -0.3 is 4.90 Å². The van der Waals surface area contributed by atoms with Gasteiger partial charge in [0.15, 0.2) is 0 Å². The van der Waals surface area contributed by atoms with Crippen molar-refractivity contribution in [2.24, 2.45) is 0 Å². The number of thiophene rings is 1. The van der Waals surface area contributed by atoms with E-state index in [-0.39, 0.29) is 11.2 Å². The van der Waals surface area contributed by atoms with E-state index in [1.807, 2.05) is 29.5 Å². The van der Waals surface area contributed by atoms with Gasteiger partial charge in [-0.1, -0.05) is 135 Å². The zero-order chi connectivity index (χ0) is 36.1. The maximum Gasteiger partial charge on any atom is 0.123 e. The molecule has 0 saturated heterocycles. The highest BCUT2D eigenvalue weighted by molar-refractivity contribution is 7.19. The molecule has 0 unspecified atom stereocenters. The van der Waals surface area contributed by atoms with Crippen molar-refractivity contribution in [2.45, 2.75) is 39.0 Å². The molecular formula is C50H38FNS. The van der Waals surface area contributed by atoms with Crippen LogP contribution in [0.4, 0.5) is 15.8 Å². The molecule has 0 bridgehead atoms. The molecule has 6 aromatic carbocycles. The Balaban J connectivity index is 1.25. The van der Waals surface area contributed by atoms with Crippen LogP contribution in [0.25, 0.3) is 50.1 Å². The third-order valence-electron chi connectivity index (χ3n) is 10.4. The monoisotopic (exact) mass is 703 g/mol. The fourth-order valence-corrected chi connectivity index (χ4v) is 8.94. The first kappa shape index (κ1) is 32.9. The Morgan fingerprint density at radius 1 is 0.679 bits per heavy atom. The van der Waals surface area contributed by atoms with Gasteiger partial charge in [-0.05, 0) is 106 Å². The van der Waals surface area contributed by atoms with Crippen LogP contribution < -0.4 is 4.90 Å². The highest BCUT2D eigenvalue weighted by atomic mass is 32.1. The van der Waals surface area contributed by atoms with Crippen molar-refractivity contribution in [3.8, 4) is 22.3 Å². The number of allylic oxidation sites excluding steroid dienone is 1. The predicted octanol–water partition coefficient (Wildman–Crippen LogP) is 14.0. The topological polar surface area (TPSA) is 3.24 Å². The van der Waals surface area contributed by atoms with Gasteiger partial charge in [0.1, 0.15) is 5.82 Å². The molecule has 0 fully saturated rings. The second-order valence-electron chi connectivity index (χ2n) is 14.9. The van der Waals surface area contributed by atoms with Crippen molar-refractivity contribution in [1.82, 2.24) is 0 Å². The number of nitrogens with zero attached hydrogens (tertiary/aromatic N) is 1. The van der Waals surface area contributed by atoms with Crippen molar-refractivity contribution in [3.05, 3.63) is 195 Å². The Morgan fingerprint density at radius 3 is 2.26 bits per heavy atom. The summed E-state index contributed by atoms with van der Waals surface area (Å²) in [6.45, 7) is 6.85. The molecule has 53 heavy (non-hydrogen) atoms. The fraction of sp³-hybridized carbons (Fsp3) is 0.120. The van der Waals surface area contributed by atoms with Crippen molar-refractivity contribution >= 4 is 50.5 Å². The normalized spacial score (nSPS) is 13.4. The van der Waals surface area contributed by atoms with E-state index in [0.717, 1.165) is 57.6 Å². The van der Waals surface area contributed by atoms with Crippen molar-refractivity contribution < 1.29 is 4.39 Å². The molecule has 0 saturated carbocycles. The number of rotatable bonds is 6. The van der Waals surface area contributed by atoms with Crippen LogP contribution >= 0.6 is 11.3 Å². The van der Waals surface area contributed by atoms with Crippen molar-refractivity contribution in [1.29, 1.82) is 0 Å². The molecule has 2 aliphatic rings. The average molecular weight is 704 g/mol. The number of aryl methyl sites for hydroxylation is 1. The molecule has 0 aliphatic heterocycles. The minimum Gasteiger partial charge on any atom is -0.314 e. The predicted molar refractivity (Wildman–Crippen MR) is 223 cm³/mol. The number of halogens is 1. The average Bonchev–Trinajstić information content (AvgIpc) is 3.56. The smallest absolute Gasteiger partial charge is 0.123 e. The summed E-state index contributed by atoms with van der Waals surface area (Å²) in [5, 5.41) is 1.32. The van der Waals surface area contributed by atoms with Gasteiger partial charge in [0, 0.05) is 43.0 Å². The highest BCUT2D eigenvalue weighted by Crippen LogP contribution is 2.46. The van der Waals surface area contributed by atoms with Gasteiger partial charge in [0.25, 0.3) is 0 Å². The molecule has 1 aromatic heterocycles. The quantitative estimate of drug-likeness (QED) is 0.156. The van der Waals surface area contributed by atoms with E-state index < -0.39 is 0 Å².